The number of benzene rings is 1. The lowest BCUT2D eigenvalue weighted by Crippen LogP contribution is -2.12. The van der Waals surface area contributed by atoms with Crippen molar-refractivity contribution in [1.82, 2.24) is 0 Å². The molecule has 0 saturated heterocycles. The minimum absolute atomic E-state index is 0.461. The van der Waals surface area contributed by atoms with Crippen LogP contribution in [0.15, 0.2) is 18.2 Å². The average molecular weight is 222 g/mol. The predicted octanol–water partition coefficient (Wildman–Crippen LogP) is 1.91. The molecule has 0 aliphatic heterocycles. The Morgan fingerprint density at radius 3 is 2.56 bits per heavy atom. The van der Waals surface area contributed by atoms with Crippen molar-refractivity contribution in [2.75, 3.05) is 14.2 Å². The van der Waals surface area contributed by atoms with Crippen LogP contribution in [0.5, 0.6) is 5.75 Å². The summed E-state index contributed by atoms with van der Waals surface area (Å²) in [5, 5.41) is 9.93. The Hall–Kier alpha value is -1.06. The molecule has 1 N–H and O–H groups in total. The molecule has 1 fully saturated rings. The lowest BCUT2D eigenvalue weighted by molar-refractivity contribution is 0.148. The fraction of sp³-hybridized carbons (Fsp3) is 0.538. The van der Waals surface area contributed by atoms with Crippen LogP contribution in [0.4, 0.5) is 0 Å². The molecule has 0 radical (unpaired) electrons. The Balaban J connectivity index is 2.20. The van der Waals surface area contributed by atoms with Gasteiger partial charge in [0.15, 0.2) is 0 Å². The monoisotopic (exact) mass is 222 g/mol. The highest BCUT2D eigenvalue weighted by Crippen LogP contribution is 2.39. The molecule has 0 heterocycles. The molecule has 0 aromatic heterocycles. The molecular formula is C13H18O3. The lowest BCUT2D eigenvalue weighted by atomic mass is 10.0. The molecule has 1 aromatic carbocycles. The third-order valence-corrected chi connectivity index (χ3v) is 3.06. The van der Waals surface area contributed by atoms with Gasteiger partial charge >= 0.3 is 0 Å². The van der Waals surface area contributed by atoms with Crippen molar-refractivity contribution in [1.29, 1.82) is 0 Å². The Morgan fingerprint density at radius 2 is 2.00 bits per heavy atom. The van der Waals surface area contributed by atoms with Crippen LogP contribution >= 0.6 is 0 Å². The van der Waals surface area contributed by atoms with Crippen LogP contribution in [0.3, 0.4) is 0 Å². The van der Waals surface area contributed by atoms with Crippen molar-refractivity contribution in [3.05, 3.63) is 29.3 Å². The second kappa shape index (κ2) is 4.44. The number of methoxy groups -OCH3 is 2. The van der Waals surface area contributed by atoms with Crippen LogP contribution in [0, 0.1) is 0 Å². The lowest BCUT2D eigenvalue weighted by Gasteiger charge is -2.13. The molecule has 0 unspecified atom stereocenters. The van der Waals surface area contributed by atoms with Gasteiger partial charge in [-0.2, -0.15) is 0 Å². The molecule has 2 rings (SSSR count). The normalized spacial score (nSPS) is 17.2. The summed E-state index contributed by atoms with van der Waals surface area (Å²) in [6.45, 7) is 0.558. The van der Waals surface area contributed by atoms with Gasteiger partial charge in [-0.1, -0.05) is 6.07 Å². The highest BCUT2D eigenvalue weighted by molar-refractivity contribution is 5.36. The maximum Gasteiger partial charge on any atom is 0.119 e. The zero-order chi connectivity index (χ0) is 11.6. The molecule has 0 amide bonds. The number of rotatable bonds is 5. The summed E-state index contributed by atoms with van der Waals surface area (Å²) in [5.41, 5.74) is 1.79. The van der Waals surface area contributed by atoms with Crippen LogP contribution in [0.2, 0.25) is 0 Å². The summed E-state index contributed by atoms with van der Waals surface area (Å²) < 4.78 is 10.3. The van der Waals surface area contributed by atoms with Crippen molar-refractivity contribution < 1.29 is 14.6 Å². The van der Waals surface area contributed by atoms with E-state index in [0.29, 0.717) is 6.61 Å². The first-order valence-electron chi connectivity index (χ1n) is 5.54. The molecule has 0 bridgehead atoms. The van der Waals surface area contributed by atoms with E-state index in [-0.39, 0.29) is 0 Å². The number of aliphatic hydroxyl groups is 1. The Kier molecular flexibility index (Phi) is 3.17. The molecule has 3 nitrogen and oxygen atoms in total. The Labute approximate surface area is 96.0 Å². The van der Waals surface area contributed by atoms with Gasteiger partial charge in [0.05, 0.1) is 19.3 Å². The van der Waals surface area contributed by atoms with Crippen LogP contribution in [0.25, 0.3) is 0 Å². The van der Waals surface area contributed by atoms with E-state index in [9.17, 15) is 5.11 Å². The van der Waals surface area contributed by atoms with E-state index in [0.717, 1.165) is 36.1 Å². The van der Waals surface area contributed by atoms with Gasteiger partial charge in [-0.05, 0) is 36.1 Å². The maximum absolute atomic E-state index is 9.93. The van der Waals surface area contributed by atoms with E-state index in [1.54, 1.807) is 14.2 Å². The smallest absolute Gasteiger partial charge is 0.119 e. The van der Waals surface area contributed by atoms with Gasteiger partial charge in [0.25, 0.3) is 0 Å². The summed E-state index contributed by atoms with van der Waals surface area (Å²) in [7, 11) is 3.33. The van der Waals surface area contributed by atoms with E-state index in [1.165, 1.54) is 0 Å². The molecule has 0 atom stereocenters. The summed E-state index contributed by atoms with van der Waals surface area (Å²) in [6.07, 6.45) is 2.53. The Bertz CT molecular complexity index is 369. The van der Waals surface area contributed by atoms with Crippen molar-refractivity contribution in [3.63, 3.8) is 0 Å². The van der Waals surface area contributed by atoms with E-state index in [4.69, 9.17) is 9.47 Å². The minimum atomic E-state index is -0.461. The topological polar surface area (TPSA) is 38.7 Å². The number of ether oxygens (including phenoxy) is 2. The summed E-state index contributed by atoms with van der Waals surface area (Å²) in [6, 6.07) is 5.92. The van der Waals surface area contributed by atoms with Gasteiger partial charge in [-0.25, -0.2) is 0 Å². The van der Waals surface area contributed by atoms with Crippen molar-refractivity contribution in [2.24, 2.45) is 0 Å². The fourth-order valence-electron chi connectivity index (χ4n) is 1.87. The third kappa shape index (κ3) is 2.54. The van der Waals surface area contributed by atoms with E-state index in [1.807, 2.05) is 18.2 Å². The first kappa shape index (κ1) is 11.4. The first-order chi connectivity index (χ1) is 7.67. The van der Waals surface area contributed by atoms with Gasteiger partial charge in [-0.3, -0.25) is 0 Å². The standard InChI is InChI=1S/C13H18O3/c1-15-9-11-7-12(16-2)4-3-10(11)8-13(14)5-6-13/h3-4,7,14H,5-6,8-9H2,1-2H3. The quantitative estimate of drug-likeness (QED) is 0.827. The van der Waals surface area contributed by atoms with E-state index >= 15 is 0 Å². The molecule has 88 valence electrons. The zero-order valence-corrected chi connectivity index (χ0v) is 9.82. The van der Waals surface area contributed by atoms with E-state index in [2.05, 4.69) is 0 Å². The van der Waals surface area contributed by atoms with E-state index < -0.39 is 5.60 Å². The van der Waals surface area contributed by atoms with Crippen LogP contribution in [0.1, 0.15) is 24.0 Å². The summed E-state index contributed by atoms with van der Waals surface area (Å²) in [5.74, 6) is 0.832. The average Bonchev–Trinajstić information content (AvgIpc) is 2.99. The molecule has 0 spiro atoms. The SMILES string of the molecule is COCc1cc(OC)ccc1CC1(O)CC1. The van der Waals surface area contributed by atoms with Crippen LogP contribution < -0.4 is 4.74 Å². The minimum Gasteiger partial charge on any atom is -0.497 e. The van der Waals surface area contributed by atoms with Crippen LogP contribution in [-0.4, -0.2) is 24.9 Å². The molecule has 1 aromatic rings. The molecular weight excluding hydrogens is 204 g/mol. The van der Waals surface area contributed by atoms with Gasteiger partial charge in [0.1, 0.15) is 5.75 Å². The zero-order valence-electron chi connectivity index (χ0n) is 9.82. The Morgan fingerprint density at radius 1 is 1.25 bits per heavy atom. The van der Waals surface area contributed by atoms with Crippen molar-refractivity contribution >= 4 is 0 Å². The molecule has 1 aliphatic rings. The second-order valence-electron chi connectivity index (χ2n) is 4.47. The van der Waals surface area contributed by atoms with Crippen molar-refractivity contribution in [2.45, 2.75) is 31.5 Å². The molecule has 1 saturated carbocycles. The van der Waals surface area contributed by atoms with Gasteiger partial charge in [0.2, 0.25) is 0 Å². The highest BCUT2D eigenvalue weighted by Gasteiger charge is 2.40. The van der Waals surface area contributed by atoms with Gasteiger partial charge in [0, 0.05) is 13.5 Å². The third-order valence-electron chi connectivity index (χ3n) is 3.06. The number of hydrogen-bond donors (Lipinski definition) is 1. The first-order valence-corrected chi connectivity index (χ1v) is 5.54. The summed E-state index contributed by atoms with van der Waals surface area (Å²) >= 11 is 0. The van der Waals surface area contributed by atoms with Gasteiger partial charge in [-0.15, -0.1) is 0 Å². The molecule has 16 heavy (non-hydrogen) atoms. The largest absolute Gasteiger partial charge is 0.497 e. The predicted molar refractivity (Wildman–Crippen MR) is 61.6 cm³/mol. The second-order valence-corrected chi connectivity index (χ2v) is 4.47. The van der Waals surface area contributed by atoms with Gasteiger partial charge < -0.3 is 14.6 Å². The van der Waals surface area contributed by atoms with Crippen LogP contribution in [-0.2, 0) is 17.8 Å². The maximum atomic E-state index is 9.93. The highest BCUT2D eigenvalue weighted by atomic mass is 16.5. The molecule has 1 aliphatic carbocycles. The fourth-order valence-corrected chi connectivity index (χ4v) is 1.87. The number of hydrogen-bond acceptors (Lipinski definition) is 3. The van der Waals surface area contributed by atoms with Crippen molar-refractivity contribution in [3.8, 4) is 5.75 Å². The summed E-state index contributed by atoms with van der Waals surface area (Å²) in [4.78, 5) is 0. The molecule has 3 heteroatoms.